The minimum Gasteiger partial charge on any atom is -0.354 e. The minimum absolute atomic E-state index is 0.0186. The van der Waals surface area contributed by atoms with Crippen molar-refractivity contribution in [2.75, 3.05) is 13.1 Å². The Morgan fingerprint density at radius 1 is 1.27 bits per heavy atom. The summed E-state index contributed by atoms with van der Waals surface area (Å²) >= 11 is 1.55. The number of aryl methyl sites for hydroxylation is 1. The van der Waals surface area contributed by atoms with Crippen molar-refractivity contribution in [3.8, 4) is 0 Å². The molecule has 1 saturated heterocycles. The lowest BCUT2D eigenvalue weighted by atomic mass is 10.0. The maximum atomic E-state index is 12.4. The van der Waals surface area contributed by atoms with Gasteiger partial charge in [0.15, 0.2) is 0 Å². The molecule has 1 N–H and O–H groups in total. The van der Waals surface area contributed by atoms with E-state index in [0.717, 1.165) is 48.7 Å². The maximum absolute atomic E-state index is 12.4. The third kappa shape index (κ3) is 3.63. The third-order valence-corrected chi connectivity index (χ3v) is 5.12. The van der Waals surface area contributed by atoms with Crippen LogP contribution in [0.25, 0.3) is 0 Å². The first-order valence-electron chi connectivity index (χ1n) is 8.02. The van der Waals surface area contributed by atoms with Crippen LogP contribution in [0, 0.1) is 12.8 Å². The molecule has 3 rings (SSSR count). The van der Waals surface area contributed by atoms with Crippen LogP contribution >= 0.6 is 11.3 Å². The molecule has 2 heterocycles. The van der Waals surface area contributed by atoms with Gasteiger partial charge in [-0.05, 0) is 39.0 Å². The summed E-state index contributed by atoms with van der Waals surface area (Å²) in [6.07, 6.45) is 5.47. The summed E-state index contributed by atoms with van der Waals surface area (Å²) in [7, 11) is 0. The summed E-state index contributed by atoms with van der Waals surface area (Å²) in [5.74, 6) is 0.340. The molecule has 0 radical (unpaired) electrons. The molecular weight excluding hydrogens is 300 g/mol. The largest absolute Gasteiger partial charge is 0.354 e. The van der Waals surface area contributed by atoms with E-state index in [4.69, 9.17) is 0 Å². The lowest BCUT2D eigenvalue weighted by molar-refractivity contribution is -0.143. The van der Waals surface area contributed by atoms with Gasteiger partial charge in [-0.2, -0.15) is 0 Å². The number of nitrogens with one attached hydrogen (secondary N) is 1. The van der Waals surface area contributed by atoms with Gasteiger partial charge in [0, 0.05) is 25.4 Å². The van der Waals surface area contributed by atoms with Crippen LogP contribution in [0.2, 0.25) is 0 Å². The van der Waals surface area contributed by atoms with Crippen molar-refractivity contribution in [1.82, 2.24) is 20.4 Å². The van der Waals surface area contributed by atoms with E-state index in [1.807, 2.05) is 11.8 Å². The first-order chi connectivity index (χ1) is 10.6. The Bertz CT molecular complexity index is 555. The van der Waals surface area contributed by atoms with E-state index in [0.29, 0.717) is 13.0 Å². The van der Waals surface area contributed by atoms with Gasteiger partial charge in [-0.3, -0.25) is 9.59 Å². The molecule has 1 aliphatic carbocycles. The Labute approximate surface area is 134 Å². The number of hydrogen-bond donors (Lipinski definition) is 1. The van der Waals surface area contributed by atoms with Crippen LogP contribution in [-0.2, 0) is 16.0 Å². The van der Waals surface area contributed by atoms with Gasteiger partial charge in [-0.25, -0.2) is 0 Å². The molecule has 0 spiro atoms. The summed E-state index contributed by atoms with van der Waals surface area (Å²) in [5, 5.41) is 12.9. The first kappa shape index (κ1) is 15.4. The van der Waals surface area contributed by atoms with Crippen molar-refractivity contribution in [1.29, 1.82) is 0 Å². The SMILES string of the molecule is Cc1nnc(CCNC(=O)[C@H]2CCCCN2C(=O)C2CC2)s1. The highest BCUT2D eigenvalue weighted by atomic mass is 32.1. The molecule has 1 aromatic rings. The molecule has 1 aromatic heterocycles. The predicted molar refractivity (Wildman–Crippen MR) is 83.4 cm³/mol. The van der Waals surface area contributed by atoms with Gasteiger partial charge in [0.1, 0.15) is 16.1 Å². The van der Waals surface area contributed by atoms with E-state index >= 15 is 0 Å². The Hall–Kier alpha value is -1.50. The van der Waals surface area contributed by atoms with Gasteiger partial charge in [-0.1, -0.05) is 0 Å². The van der Waals surface area contributed by atoms with Crippen molar-refractivity contribution in [2.24, 2.45) is 5.92 Å². The Morgan fingerprint density at radius 3 is 2.77 bits per heavy atom. The molecule has 0 bridgehead atoms. The fourth-order valence-corrected chi connectivity index (χ4v) is 3.59. The van der Waals surface area contributed by atoms with Crippen molar-refractivity contribution in [3.63, 3.8) is 0 Å². The number of rotatable bonds is 5. The average Bonchev–Trinajstić information content (AvgIpc) is 3.29. The van der Waals surface area contributed by atoms with E-state index in [1.54, 1.807) is 11.3 Å². The summed E-state index contributed by atoms with van der Waals surface area (Å²) in [6.45, 7) is 3.20. The molecule has 120 valence electrons. The van der Waals surface area contributed by atoms with E-state index in [1.165, 1.54) is 0 Å². The van der Waals surface area contributed by atoms with Crippen LogP contribution in [0.4, 0.5) is 0 Å². The number of aromatic nitrogens is 2. The number of hydrogen-bond acceptors (Lipinski definition) is 5. The van der Waals surface area contributed by atoms with E-state index in [-0.39, 0.29) is 23.8 Å². The van der Waals surface area contributed by atoms with Crippen LogP contribution in [0.15, 0.2) is 0 Å². The lowest BCUT2D eigenvalue weighted by Gasteiger charge is -2.34. The van der Waals surface area contributed by atoms with Crippen LogP contribution < -0.4 is 5.32 Å². The highest BCUT2D eigenvalue weighted by Gasteiger charge is 2.39. The average molecular weight is 322 g/mol. The molecule has 6 nitrogen and oxygen atoms in total. The normalized spacial score (nSPS) is 21.7. The summed E-state index contributed by atoms with van der Waals surface area (Å²) < 4.78 is 0. The second kappa shape index (κ2) is 6.73. The van der Waals surface area contributed by atoms with Crippen molar-refractivity contribution < 1.29 is 9.59 Å². The zero-order chi connectivity index (χ0) is 15.5. The quantitative estimate of drug-likeness (QED) is 0.886. The number of nitrogens with zero attached hydrogens (tertiary/aromatic N) is 3. The summed E-state index contributed by atoms with van der Waals surface area (Å²) in [5.41, 5.74) is 0. The van der Waals surface area contributed by atoms with Gasteiger partial charge in [0.25, 0.3) is 0 Å². The molecule has 2 amide bonds. The van der Waals surface area contributed by atoms with Crippen molar-refractivity contribution >= 4 is 23.2 Å². The molecule has 2 aliphatic rings. The van der Waals surface area contributed by atoms with Gasteiger partial charge in [0.2, 0.25) is 11.8 Å². The highest BCUT2D eigenvalue weighted by Crippen LogP contribution is 2.33. The topological polar surface area (TPSA) is 75.2 Å². The van der Waals surface area contributed by atoms with Gasteiger partial charge in [-0.15, -0.1) is 21.5 Å². The monoisotopic (exact) mass is 322 g/mol. The molecule has 0 aromatic carbocycles. The predicted octanol–water partition coefficient (Wildman–Crippen LogP) is 1.30. The minimum atomic E-state index is -0.280. The van der Waals surface area contributed by atoms with E-state index < -0.39 is 0 Å². The van der Waals surface area contributed by atoms with Gasteiger partial charge in [0.05, 0.1) is 0 Å². The number of likely N-dealkylation sites (tertiary alicyclic amines) is 1. The zero-order valence-corrected chi connectivity index (χ0v) is 13.7. The molecule has 1 aliphatic heterocycles. The van der Waals surface area contributed by atoms with Crippen LogP contribution in [0.5, 0.6) is 0 Å². The van der Waals surface area contributed by atoms with Crippen LogP contribution in [0.3, 0.4) is 0 Å². The second-order valence-corrected chi connectivity index (χ2v) is 7.34. The molecule has 2 fully saturated rings. The van der Waals surface area contributed by atoms with Gasteiger partial charge >= 0.3 is 0 Å². The summed E-state index contributed by atoms with van der Waals surface area (Å²) in [4.78, 5) is 26.5. The Balaban J connectivity index is 1.51. The first-order valence-corrected chi connectivity index (χ1v) is 8.84. The smallest absolute Gasteiger partial charge is 0.242 e. The van der Waals surface area contributed by atoms with Crippen LogP contribution in [-0.4, -0.2) is 46.0 Å². The Kier molecular flexibility index (Phi) is 4.71. The number of carbonyl (C=O) groups excluding carboxylic acids is 2. The third-order valence-electron chi connectivity index (χ3n) is 4.22. The molecule has 1 saturated carbocycles. The van der Waals surface area contributed by atoms with E-state index in [2.05, 4.69) is 15.5 Å². The second-order valence-electron chi connectivity index (χ2n) is 6.07. The number of amides is 2. The highest BCUT2D eigenvalue weighted by molar-refractivity contribution is 7.11. The maximum Gasteiger partial charge on any atom is 0.242 e. The standard InChI is InChI=1S/C15H22N4O2S/c1-10-17-18-13(22-10)7-8-16-14(20)12-4-2-3-9-19(12)15(21)11-5-6-11/h11-12H,2-9H2,1H3,(H,16,20)/t12-/m1/s1. The van der Waals surface area contributed by atoms with Crippen molar-refractivity contribution in [3.05, 3.63) is 10.0 Å². The summed E-state index contributed by atoms with van der Waals surface area (Å²) in [6, 6.07) is -0.280. The fourth-order valence-electron chi connectivity index (χ4n) is 2.88. The van der Waals surface area contributed by atoms with Crippen LogP contribution in [0.1, 0.15) is 42.1 Å². The molecule has 1 atom stereocenters. The molecule has 22 heavy (non-hydrogen) atoms. The molecule has 7 heteroatoms. The van der Waals surface area contributed by atoms with Gasteiger partial charge < -0.3 is 10.2 Å². The molecular formula is C15H22N4O2S. The Morgan fingerprint density at radius 2 is 2.09 bits per heavy atom. The van der Waals surface area contributed by atoms with E-state index in [9.17, 15) is 9.59 Å². The number of piperidine rings is 1. The van der Waals surface area contributed by atoms with Crippen molar-refractivity contribution in [2.45, 2.75) is 51.5 Å². The fraction of sp³-hybridized carbons (Fsp3) is 0.733. The lowest BCUT2D eigenvalue weighted by Crippen LogP contribution is -2.52. The number of carbonyl (C=O) groups is 2. The zero-order valence-electron chi connectivity index (χ0n) is 12.9. The molecule has 0 unspecified atom stereocenters.